The topological polar surface area (TPSA) is 35.2 Å². The summed E-state index contributed by atoms with van der Waals surface area (Å²) >= 11 is 9.37. The highest BCUT2D eigenvalue weighted by Gasteiger charge is 2.14. The first kappa shape index (κ1) is 15.3. The van der Waals surface area contributed by atoms with E-state index in [-0.39, 0.29) is 17.6 Å². The maximum Gasteiger partial charge on any atom is 0.168 e. The van der Waals surface area contributed by atoms with Crippen molar-refractivity contribution in [3.63, 3.8) is 0 Å². The van der Waals surface area contributed by atoms with Gasteiger partial charge in [0.1, 0.15) is 0 Å². The van der Waals surface area contributed by atoms with Crippen molar-refractivity contribution in [2.45, 2.75) is 12.5 Å². The smallest absolute Gasteiger partial charge is 0.168 e. The molecule has 0 saturated heterocycles. The molecule has 1 atom stereocenters. The molecule has 106 valence electrons. The average molecular weight is 359 g/mol. The van der Waals surface area contributed by atoms with E-state index in [1.807, 2.05) is 12.1 Å². The van der Waals surface area contributed by atoms with E-state index in [2.05, 4.69) is 15.9 Å². The zero-order chi connectivity index (χ0) is 14.7. The highest BCUT2D eigenvalue weighted by Crippen LogP contribution is 2.28. The van der Waals surface area contributed by atoms with Crippen molar-refractivity contribution in [2.24, 2.45) is 5.73 Å². The maximum atomic E-state index is 14.1. The van der Waals surface area contributed by atoms with Crippen LogP contribution in [0.2, 0.25) is 5.02 Å². The minimum absolute atomic E-state index is 0.225. The van der Waals surface area contributed by atoms with Gasteiger partial charge in [-0.1, -0.05) is 29.8 Å². The van der Waals surface area contributed by atoms with Crippen molar-refractivity contribution in [1.82, 2.24) is 0 Å². The highest BCUT2D eigenvalue weighted by atomic mass is 79.9. The molecule has 0 aliphatic carbocycles. The van der Waals surface area contributed by atoms with Gasteiger partial charge in [-0.25, -0.2) is 4.39 Å². The number of nitrogens with two attached hydrogens (primary N) is 1. The molecule has 1 unspecified atom stereocenters. The summed E-state index contributed by atoms with van der Waals surface area (Å²) in [6.45, 7) is 0. The Hall–Kier alpha value is -1.10. The van der Waals surface area contributed by atoms with Gasteiger partial charge >= 0.3 is 0 Å². The van der Waals surface area contributed by atoms with Crippen LogP contribution in [0.5, 0.6) is 5.75 Å². The average Bonchev–Trinajstić information content (AvgIpc) is 2.44. The van der Waals surface area contributed by atoms with Crippen LogP contribution < -0.4 is 10.5 Å². The van der Waals surface area contributed by atoms with Gasteiger partial charge in [0.15, 0.2) is 11.6 Å². The largest absolute Gasteiger partial charge is 0.494 e. The summed E-state index contributed by atoms with van der Waals surface area (Å²) in [4.78, 5) is 0. The monoisotopic (exact) mass is 357 g/mol. The summed E-state index contributed by atoms with van der Waals surface area (Å²) in [6, 6.07) is 10.2. The molecule has 2 aromatic rings. The first-order valence-electron chi connectivity index (χ1n) is 6.05. The summed E-state index contributed by atoms with van der Waals surface area (Å²) in [6.07, 6.45) is 0.376. The number of methoxy groups -OCH3 is 1. The Balaban J connectivity index is 2.23. The lowest BCUT2D eigenvalue weighted by atomic mass is 9.99. The second-order valence-electron chi connectivity index (χ2n) is 4.42. The second-order valence-corrected chi connectivity index (χ2v) is 5.68. The molecule has 0 fully saturated rings. The van der Waals surface area contributed by atoms with Crippen LogP contribution in [0.3, 0.4) is 0 Å². The highest BCUT2D eigenvalue weighted by molar-refractivity contribution is 9.10. The molecule has 0 amide bonds. The third-order valence-corrected chi connectivity index (χ3v) is 4.31. The quantitative estimate of drug-likeness (QED) is 0.874. The lowest BCUT2D eigenvalue weighted by molar-refractivity contribution is 0.383. The normalized spacial score (nSPS) is 12.2. The molecular weight excluding hydrogens is 345 g/mol. The molecule has 2 aromatic carbocycles. The summed E-state index contributed by atoms with van der Waals surface area (Å²) < 4.78 is 19.9. The number of benzene rings is 2. The molecule has 2 N–H and O–H groups in total. The number of halogens is 3. The van der Waals surface area contributed by atoms with Gasteiger partial charge in [0, 0.05) is 10.5 Å². The van der Waals surface area contributed by atoms with Gasteiger partial charge in [-0.05, 0) is 51.7 Å². The molecule has 2 rings (SSSR count). The molecule has 0 aromatic heterocycles. The molecule has 0 heterocycles. The van der Waals surface area contributed by atoms with Crippen LogP contribution in [0, 0.1) is 5.82 Å². The number of ether oxygens (including phenoxy) is 1. The van der Waals surface area contributed by atoms with E-state index in [0.717, 1.165) is 10.0 Å². The molecule has 0 aliphatic heterocycles. The van der Waals surface area contributed by atoms with Crippen molar-refractivity contribution >= 4 is 27.5 Å². The van der Waals surface area contributed by atoms with E-state index < -0.39 is 0 Å². The van der Waals surface area contributed by atoms with Crippen molar-refractivity contribution in [3.8, 4) is 5.75 Å². The zero-order valence-corrected chi connectivity index (χ0v) is 13.2. The second kappa shape index (κ2) is 6.57. The minimum atomic E-state index is -0.367. The molecular formula is C15H14BrClFNO. The van der Waals surface area contributed by atoms with Crippen LogP contribution in [0.4, 0.5) is 4.39 Å². The van der Waals surface area contributed by atoms with E-state index in [9.17, 15) is 4.39 Å². The van der Waals surface area contributed by atoms with Gasteiger partial charge in [0.25, 0.3) is 0 Å². The van der Waals surface area contributed by atoms with Gasteiger partial charge in [-0.15, -0.1) is 0 Å². The lowest BCUT2D eigenvalue weighted by Gasteiger charge is -2.14. The first-order chi connectivity index (χ1) is 9.52. The number of hydrogen-bond acceptors (Lipinski definition) is 2. The van der Waals surface area contributed by atoms with Gasteiger partial charge in [0.2, 0.25) is 0 Å². The van der Waals surface area contributed by atoms with Crippen molar-refractivity contribution < 1.29 is 9.13 Å². The Bertz CT molecular complexity index is 621. The zero-order valence-electron chi connectivity index (χ0n) is 10.9. The van der Waals surface area contributed by atoms with Crippen LogP contribution in [-0.4, -0.2) is 7.11 Å². The Morgan fingerprint density at radius 1 is 1.35 bits per heavy atom. The van der Waals surface area contributed by atoms with Gasteiger partial charge in [0.05, 0.1) is 12.1 Å². The number of rotatable bonds is 4. The molecule has 2 nitrogen and oxygen atoms in total. The molecule has 0 saturated carbocycles. The Labute approximate surface area is 130 Å². The van der Waals surface area contributed by atoms with Gasteiger partial charge in [-0.2, -0.15) is 0 Å². The standard InChI is InChI=1S/C15H14BrClFNO/c1-20-14-4-2-3-10(15(14)18)8-13(19)9-5-6-11(16)12(17)7-9/h2-7,13H,8,19H2,1H3. The molecule has 0 spiro atoms. The minimum Gasteiger partial charge on any atom is -0.494 e. The van der Waals surface area contributed by atoms with Crippen LogP contribution >= 0.6 is 27.5 Å². The molecule has 0 radical (unpaired) electrons. The maximum absolute atomic E-state index is 14.1. The van der Waals surface area contributed by atoms with E-state index in [1.165, 1.54) is 7.11 Å². The van der Waals surface area contributed by atoms with Crippen LogP contribution in [0.25, 0.3) is 0 Å². The summed E-state index contributed by atoms with van der Waals surface area (Å²) in [7, 11) is 1.44. The van der Waals surface area contributed by atoms with E-state index in [0.29, 0.717) is 17.0 Å². The Morgan fingerprint density at radius 2 is 2.10 bits per heavy atom. The van der Waals surface area contributed by atoms with E-state index >= 15 is 0 Å². The van der Waals surface area contributed by atoms with E-state index in [4.69, 9.17) is 22.1 Å². The van der Waals surface area contributed by atoms with Gasteiger partial charge in [-0.3, -0.25) is 0 Å². The predicted octanol–water partition coefficient (Wildman–Crippen LogP) is 4.49. The van der Waals surface area contributed by atoms with E-state index in [1.54, 1.807) is 24.3 Å². The summed E-state index contributed by atoms with van der Waals surface area (Å²) in [5, 5.41) is 0.587. The van der Waals surface area contributed by atoms with Crippen LogP contribution in [0.15, 0.2) is 40.9 Å². The molecule has 0 aliphatic rings. The van der Waals surface area contributed by atoms with Crippen molar-refractivity contribution in [3.05, 3.63) is 62.8 Å². The lowest BCUT2D eigenvalue weighted by Crippen LogP contribution is -2.14. The predicted molar refractivity (Wildman–Crippen MR) is 82.7 cm³/mol. The Morgan fingerprint density at radius 3 is 2.75 bits per heavy atom. The third kappa shape index (κ3) is 3.32. The molecule has 0 bridgehead atoms. The third-order valence-electron chi connectivity index (χ3n) is 3.07. The van der Waals surface area contributed by atoms with Crippen LogP contribution in [0.1, 0.15) is 17.2 Å². The Kier molecular flexibility index (Phi) is 5.02. The van der Waals surface area contributed by atoms with Crippen molar-refractivity contribution in [1.29, 1.82) is 0 Å². The fourth-order valence-electron chi connectivity index (χ4n) is 1.97. The van der Waals surface area contributed by atoms with Crippen molar-refractivity contribution in [2.75, 3.05) is 7.11 Å². The van der Waals surface area contributed by atoms with Crippen LogP contribution in [-0.2, 0) is 6.42 Å². The SMILES string of the molecule is COc1cccc(CC(N)c2ccc(Br)c(Cl)c2)c1F. The fraction of sp³-hybridized carbons (Fsp3) is 0.200. The molecule has 5 heteroatoms. The summed E-state index contributed by atoms with van der Waals surface area (Å²) in [5.74, 6) is -0.141. The summed E-state index contributed by atoms with van der Waals surface area (Å²) in [5.41, 5.74) is 7.51. The van der Waals surface area contributed by atoms with Gasteiger partial charge < -0.3 is 10.5 Å². The number of hydrogen-bond donors (Lipinski definition) is 1. The fourth-order valence-corrected chi connectivity index (χ4v) is 2.40. The first-order valence-corrected chi connectivity index (χ1v) is 7.22. The molecule has 20 heavy (non-hydrogen) atoms.